The van der Waals surface area contributed by atoms with Crippen LogP contribution in [0, 0.1) is 12.3 Å². The number of halogens is 2. The first-order chi connectivity index (χ1) is 12.6. The molecule has 0 aliphatic heterocycles. The van der Waals surface area contributed by atoms with Crippen molar-refractivity contribution in [1.82, 2.24) is 10.9 Å². The van der Waals surface area contributed by atoms with Crippen molar-refractivity contribution < 1.29 is 19.1 Å². The van der Waals surface area contributed by atoms with Gasteiger partial charge in [-0.3, -0.25) is 20.4 Å². The number of carbonyl (C=O) groups is 2. The number of benzene rings is 1. The fraction of sp³-hybridized carbons (Fsp3) is 0.368. The van der Waals surface area contributed by atoms with Crippen molar-refractivity contribution in [3.63, 3.8) is 0 Å². The summed E-state index contributed by atoms with van der Waals surface area (Å²) in [5, 5.41) is 11.0. The topological polar surface area (TPSA) is 91.6 Å². The lowest BCUT2D eigenvalue weighted by Crippen LogP contribution is -2.41. The van der Waals surface area contributed by atoms with Crippen molar-refractivity contribution in [3.05, 3.63) is 56.5 Å². The number of hydrogen-bond acceptors (Lipinski definition) is 4. The molecule has 1 atom stereocenters. The van der Waals surface area contributed by atoms with Gasteiger partial charge in [-0.1, -0.05) is 37.0 Å². The number of hydrogen-bond donors (Lipinski definition) is 3. The molecule has 3 rings (SSSR count). The predicted molar refractivity (Wildman–Crippen MR) is 102 cm³/mol. The number of fused-ring (bicyclic) bond motifs is 1. The van der Waals surface area contributed by atoms with Gasteiger partial charge in [0.2, 0.25) is 0 Å². The van der Waals surface area contributed by atoms with E-state index < -0.39 is 17.9 Å². The van der Waals surface area contributed by atoms with Crippen molar-refractivity contribution in [2.24, 2.45) is 5.41 Å². The third-order valence-corrected chi connectivity index (χ3v) is 5.21. The van der Waals surface area contributed by atoms with Gasteiger partial charge < -0.3 is 9.52 Å². The Morgan fingerprint density at radius 1 is 1.22 bits per heavy atom. The summed E-state index contributed by atoms with van der Waals surface area (Å²) in [4.78, 5) is 24.7. The van der Waals surface area contributed by atoms with E-state index >= 15 is 0 Å². The van der Waals surface area contributed by atoms with E-state index in [0.717, 1.165) is 0 Å². The lowest BCUT2D eigenvalue weighted by molar-refractivity contribution is 0.0822. The van der Waals surface area contributed by atoms with Crippen molar-refractivity contribution in [1.29, 1.82) is 0 Å². The Kier molecular flexibility index (Phi) is 5.25. The first-order valence-corrected chi connectivity index (χ1v) is 9.20. The summed E-state index contributed by atoms with van der Waals surface area (Å²) in [5.74, 6) is -0.516. The van der Waals surface area contributed by atoms with Crippen LogP contribution in [0.15, 0.2) is 22.6 Å². The number of rotatable bonds is 2. The molecule has 2 amide bonds. The first-order valence-electron chi connectivity index (χ1n) is 8.45. The van der Waals surface area contributed by atoms with E-state index in [0.29, 0.717) is 34.8 Å². The van der Waals surface area contributed by atoms with E-state index in [1.54, 1.807) is 6.92 Å². The minimum Gasteiger partial charge on any atom is -0.455 e. The summed E-state index contributed by atoms with van der Waals surface area (Å²) in [6, 6.07) is 4.42. The SMILES string of the molecule is Cc1c(C(=O)NNC(=O)c2ccc(Cl)cc2Cl)oc2c1C(O)CC(C)(C)C2. The molecule has 1 aliphatic rings. The Bertz CT molecular complexity index is 921. The molecule has 1 aromatic heterocycles. The molecule has 3 N–H and O–H groups in total. The molecule has 8 heteroatoms. The molecule has 6 nitrogen and oxygen atoms in total. The number of carbonyl (C=O) groups excluding carboxylic acids is 2. The average Bonchev–Trinajstić information content (AvgIpc) is 2.87. The van der Waals surface area contributed by atoms with E-state index in [-0.39, 0.29) is 21.8 Å². The molecule has 27 heavy (non-hydrogen) atoms. The third kappa shape index (κ3) is 3.98. The monoisotopic (exact) mass is 410 g/mol. The molecule has 1 unspecified atom stereocenters. The molecule has 144 valence electrons. The first kappa shape index (κ1) is 19.7. The smallest absolute Gasteiger partial charge is 0.305 e. The maximum atomic E-state index is 12.5. The molecule has 0 saturated carbocycles. The Morgan fingerprint density at radius 3 is 2.56 bits per heavy atom. The number of hydrazine groups is 1. The molecular weight excluding hydrogens is 391 g/mol. The van der Waals surface area contributed by atoms with Crippen LogP contribution in [0.25, 0.3) is 0 Å². The molecule has 2 aromatic rings. The largest absolute Gasteiger partial charge is 0.455 e. The summed E-state index contributed by atoms with van der Waals surface area (Å²) in [7, 11) is 0. The zero-order valence-electron chi connectivity index (χ0n) is 15.2. The van der Waals surface area contributed by atoms with Crippen LogP contribution in [-0.4, -0.2) is 16.9 Å². The second kappa shape index (κ2) is 7.19. The van der Waals surface area contributed by atoms with E-state index in [4.69, 9.17) is 27.6 Å². The maximum absolute atomic E-state index is 12.5. The van der Waals surface area contributed by atoms with E-state index in [9.17, 15) is 14.7 Å². The van der Waals surface area contributed by atoms with Gasteiger partial charge in [0.1, 0.15) is 5.76 Å². The van der Waals surface area contributed by atoms with Gasteiger partial charge >= 0.3 is 5.91 Å². The van der Waals surface area contributed by atoms with Crippen LogP contribution < -0.4 is 10.9 Å². The summed E-state index contributed by atoms with van der Waals surface area (Å²) in [6.45, 7) is 5.79. The summed E-state index contributed by atoms with van der Waals surface area (Å²) in [5.41, 5.74) is 5.91. The molecule has 0 fully saturated rings. The van der Waals surface area contributed by atoms with Crippen LogP contribution in [0.4, 0.5) is 0 Å². The Hall–Kier alpha value is -2.02. The van der Waals surface area contributed by atoms with Gasteiger partial charge in [-0.25, -0.2) is 0 Å². The van der Waals surface area contributed by atoms with Gasteiger partial charge in [0.05, 0.1) is 16.7 Å². The van der Waals surface area contributed by atoms with Crippen LogP contribution in [-0.2, 0) is 6.42 Å². The highest BCUT2D eigenvalue weighted by atomic mass is 35.5. The normalized spacial score (nSPS) is 17.9. The van der Waals surface area contributed by atoms with E-state index in [1.807, 2.05) is 13.8 Å². The Morgan fingerprint density at radius 2 is 1.89 bits per heavy atom. The van der Waals surface area contributed by atoms with Crippen LogP contribution in [0.1, 0.15) is 64.2 Å². The van der Waals surface area contributed by atoms with Gasteiger partial charge in [0.25, 0.3) is 5.91 Å². The highest BCUT2D eigenvalue weighted by Crippen LogP contribution is 2.43. The molecule has 0 bridgehead atoms. The lowest BCUT2D eigenvalue weighted by Gasteiger charge is -2.31. The molecule has 0 saturated heterocycles. The minimum absolute atomic E-state index is 0.0688. The Balaban J connectivity index is 1.75. The second-order valence-electron chi connectivity index (χ2n) is 7.49. The lowest BCUT2D eigenvalue weighted by atomic mass is 9.75. The van der Waals surface area contributed by atoms with Crippen LogP contribution in [0.2, 0.25) is 10.0 Å². The third-order valence-electron chi connectivity index (χ3n) is 4.66. The number of nitrogens with one attached hydrogen (secondary N) is 2. The number of aliphatic hydroxyl groups excluding tert-OH is 1. The standard InChI is InChI=1S/C19H20Cl2N2O4/c1-9-15-13(24)7-19(2,3)8-14(15)27-16(9)18(26)23-22-17(25)11-5-4-10(20)6-12(11)21/h4-6,13,24H,7-8H2,1-3H3,(H,22,25)(H,23,26). The van der Waals surface area contributed by atoms with Crippen molar-refractivity contribution in [2.45, 2.75) is 39.7 Å². The predicted octanol–water partition coefficient (Wildman–Crippen LogP) is 3.98. The van der Waals surface area contributed by atoms with Crippen LogP contribution >= 0.6 is 23.2 Å². The summed E-state index contributed by atoms with van der Waals surface area (Å²) in [6.07, 6.45) is 0.532. The minimum atomic E-state index is -0.684. The average molecular weight is 411 g/mol. The van der Waals surface area contributed by atoms with E-state index in [1.165, 1.54) is 18.2 Å². The van der Waals surface area contributed by atoms with Crippen LogP contribution in [0.5, 0.6) is 0 Å². The molecule has 1 heterocycles. The van der Waals surface area contributed by atoms with Crippen molar-refractivity contribution in [3.8, 4) is 0 Å². The summed E-state index contributed by atoms with van der Waals surface area (Å²) < 4.78 is 5.72. The van der Waals surface area contributed by atoms with Gasteiger partial charge in [-0.05, 0) is 37.0 Å². The Labute approximate surface area is 166 Å². The highest BCUT2D eigenvalue weighted by molar-refractivity contribution is 6.36. The van der Waals surface area contributed by atoms with Gasteiger partial charge in [-0.2, -0.15) is 0 Å². The maximum Gasteiger partial charge on any atom is 0.305 e. The van der Waals surface area contributed by atoms with Gasteiger partial charge in [-0.15, -0.1) is 0 Å². The highest BCUT2D eigenvalue weighted by Gasteiger charge is 2.37. The summed E-state index contributed by atoms with van der Waals surface area (Å²) >= 11 is 11.8. The molecule has 0 radical (unpaired) electrons. The van der Waals surface area contributed by atoms with Crippen molar-refractivity contribution >= 4 is 35.0 Å². The molecular formula is C19H20Cl2N2O4. The number of amides is 2. The molecule has 1 aliphatic carbocycles. The number of furan rings is 1. The van der Waals surface area contributed by atoms with E-state index in [2.05, 4.69) is 10.9 Å². The van der Waals surface area contributed by atoms with Crippen molar-refractivity contribution in [2.75, 3.05) is 0 Å². The fourth-order valence-electron chi connectivity index (χ4n) is 3.41. The zero-order valence-corrected chi connectivity index (χ0v) is 16.7. The van der Waals surface area contributed by atoms with Gasteiger partial charge in [0.15, 0.2) is 5.76 Å². The second-order valence-corrected chi connectivity index (χ2v) is 8.33. The number of aliphatic hydroxyl groups is 1. The quantitative estimate of drug-likeness (QED) is 0.652. The van der Waals surface area contributed by atoms with Crippen LogP contribution in [0.3, 0.4) is 0 Å². The molecule has 0 spiro atoms. The van der Waals surface area contributed by atoms with Gasteiger partial charge in [0, 0.05) is 22.6 Å². The zero-order chi connectivity index (χ0) is 19.9. The molecule has 1 aromatic carbocycles. The fourth-order valence-corrected chi connectivity index (χ4v) is 3.91.